The maximum Gasteiger partial charge on any atom is 0.225 e. The highest BCUT2D eigenvalue weighted by Gasteiger charge is 2.41. The van der Waals surface area contributed by atoms with E-state index in [1.165, 1.54) is 35.3 Å². The first-order valence-electron chi connectivity index (χ1n) is 8.37. The van der Waals surface area contributed by atoms with Crippen LogP contribution in [-0.4, -0.2) is 29.3 Å². The molecule has 1 aromatic heterocycles. The first kappa shape index (κ1) is 14.2. The quantitative estimate of drug-likeness (QED) is 0.926. The molecular weight excluding hydrogens is 296 g/mol. The molecule has 4 nitrogen and oxygen atoms in total. The molecule has 1 saturated heterocycles. The second-order valence-corrected chi connectivity index (χ2v) is 7.73. The summed E-state index contributed by atoms with van der Waals surface area (Å²) in [7, 11) is 0. The predicted octanol–water partition coefficient (Wildman–Crippen LogP) is 2.25. The van der Waals surface area contributed by atoms with E-state index >= 15 is 0 Å². The third kappa shape index (κ3) is 2.67. The van der Waals surface area contributed by atoms with E-state index in [0.29, 0.717) is 25.6 Å². The summed E-state index contributed by atoms with van der Waals surface area (Å²) in [6.45, 7) is 1.25. The van der Waals surface area contributed by atoms with Gasteiger partial charge in [0.25, 0.3) is 0 Å². The first-order valence-corrected chi connectivity index (χ1v) is 9.25. The molecule has 0 spiro atoms. The Morgan fingerprint density at radius 2 is 2.14 bits per heavy atom. The molecule has 1 saturated carbocycles. The maximum absolute atomic E-state index is 12.4. The second-order valence-electron chi connectivity index (χ2n) is 6.77. The van der Waals surface area contributed by atoms with E-state index < -0.39 is 0 Å². The Bertz CT molecular complexity index is 606. The van der Waals surface area contributed by atoms with E-state index in [4.69, 9.17) is 0 Å². The molecule has 2 fully saturated rings. The van der Waals surface area contributed by atoms with Gasteiger partial charge in [-0.25, -0.2) is 0 Å². The van der Waals surface area contributed by atoms with Crippen LogP contribution in [0.2, 0.25) is 0 Å². The number of aryl methyl sites for hydroxylation is 1. The molecule has 0 radical (unpaired) electrons. The zero-order chi connectivity index (χ0) is 15.1. The van der Waals surface area contributed by atoms with Crippen LogP contribution in [0.3, 0.4) is 0 Å². The number of carbonyl (C=O) groups excluding carboxylic acids is 2. The molecule has 22 heavy (non-hydrogen) atoms. The van der Waals surface area contributed by atoms with Gasteiger partial charge in [0.15, 0.2) is 0 Å². The van der Waals surface area contributed by atoms with Gasteiger partial charge in [-0.15, -0.1) is 11.3 Å². The van der Waals surface area contributed by atoms with Crippen molar-refractivity contribution in [3.05, 3.63) is 21.4 Å². The number of hydrogen-bond donors (Lipinski definition) is 1. The number of likely N-dealkylation sites (tertiary alicyclic amines) is 1. The molecular formula is C17H22N2O2S. The molecule has 1 aliphatic heterocycles. The number of nitrogens with one attached hydrogen (secondary N) is 1. The Kier molecular flexibility index (Phi) is 3.68. The minimum Gasteiger partial charge on any atom is -0.352 e. The third-order valence-electron chi connectivity index (χ3n) is 5.12. The van der Waals surface area contributed by atoms with Gasteiger partial charge in [0.2, 0.25) is 11.8 Å². The zero-order valence-corrected chi connectivity index (χ0v) is 13.6. The van der Waals surface area contributed by atoms with Gasteiger partial charge in [-0.3, -0.25) is 9.59 Å². The molecule has 1 aromatic rings. The van der Waals surface area contributed by atoms with Gasteiger partial charge in [0, 0.05) is 30.4 Å². The number of thiophene rings is 1. The molecule has 1 atom stereocenters. The van der Waals surface area contributed by atoms with Crippen LogP contribution in [0.5, 0.6) is 0 Å². The lowest BCUT2D eigenvalue weighted by atomic mass is 9.96. The largest absolute Gasteiger partial charge is 0.352 e. The highest BCUT2D eigenvalue weighted by Crippen LogP contribution is 2.33. The van der Waals surface area contributed by atoms with Gasteiger partial charge in [0.1, 0.15) is 0 Å². The Hall–Kier alpha value is -1.36. The fraction of sp³-hybridized carbons (Fsp3) is 0.647. The van der Waals surface area contributed by atoms with Crippen molar-refractivity contribution in [2.24, 2.45) is 5.92 Å². The number of nitrogens with zero attached hydrogens (tertiary/aromatic N) is 1. The molecule has 2 aliphatic carbocycles. The van der Waals surface area contributed by atoms with Gasteiger partial charge < -0.3 is 10.2 Å². The topological polar surface area (TPSA) is 49.4 Å². The van der Waals surface area contributed by atoms with Crippen molar-refractivity contribution in [2.75, 3.05) is 6.54 Å². The molecule has 0 aromatic carbocycles. The summed E-state index contributed by atoms with van der Waals surface area (Å²) in [6.07, 6.45) is 7.52. The van der Waals surface area contributed by atoms with Gasteiger partial charge in [-0.2, -0.15) is 0 Å². The van der Waals surface area contributed by atoms with Crippen LogP contribution in [0, 0.1) is 5.92 Å². The lowest BCUT2D eigenvalue weighted by molar-refractivity contribution is -0.129. The van der Waals surface area contributed by atoms with Crippen LogP contribution < -0.4 is 5.32 Å². The minimum absolute atomic E-state index is 0.0484. The van der Waals surface area contributed by atoms with Crippen LogP contribution in [-0.2, 0) is 29.0 Å². The predicted molar refractivity (Wildman–Crippen MR) is 85.6 cm³/mol. The molecule has 4 rings (SSSR count). The summed E-state index contributed by atoms with van der Waals surface area (Å²) in [5.74, 6) is 0.0605. The highest BCUT2D eigenvalue weighted by atomic mass is 32.1. The van der Waals surface area contributed by atoms with Crippen LogP contribution in [0.4, 0.5) is 0 Å². The number of hydrogen-bond acceptors (Lipinski definition) is 3. The zero-order valence-electron chi connectivity index (χ0n) is 12.8. The average molecular weight is 318 g/mol. The Balaban J connectivity index is 1.35. The molecule has 118 valence electrons. The van der Waals surface area contributed by atoms with Crippen LogP contribution >= 0.6 is 11.3 Å². The fourth-order valence-electron chi connectivity index (χ4n) is 3.68. The summed E-state index contributed by atoms with van der Waals surface area (Å²) >= 11 is 1.84. The van der Waals surface area contributed by atoms with E-state index in [2.05, 4.69) is 10.7 Å². The summed E-state index contributed by atoms with van der Waals surface area (Å²) in [5.41, 5.74) is 2.76. The van der Waals surface area contributed by atoms with Crippen molar-refractivity contribution in [3.63, 3.8) is 0 Å². The number of carbonyl (C=O) groups is 2. The smallest absolute Gasteiger partial charge is 0.225 e. The van der Waals surface area contributed by atoms with E-state index in [1.807, 2.05) is 16.2 Å². The highest BCUT2D eigenvalue weighted by molar-refractivity contribution is 7.10. The van der Waals surface area contributed by atoms with Crippen molar-refractivity contribution in [1.29, 1.82) is 0 Å². The lowest BCUT2D eigenvalue weighted by Gasteiger charge is -2.16. The van der Waals surface area contributed by atoms with Crippen LogP contribution in [0.25, 0.3) is 0 Å². The van der Waals surface area contributed by atoms with Crippen molar-refractivity contribution in [2.45, 2.75) is 57.5 Å². The molecule has 2 amide bonds. The lowest BCUT2D eigenvalue weighted by Crippen LogP contribution is -2.33. The van der Waals surface area contributed by atoms with Crippen LogP contribution in [0.15, 0.2) is 5.38 Å². The molecule has 0 bridgehead atoms. The monoisotopic (exact) mass is 318 g/mol. The summed E-state index contributed by atoms with van der Waals surface area (Å²) < 4.78 is 0. The van der Waals surface area contributed by atoms with Gasteiger partial charge in [0.05, 0.1) is 5.92 Å². The second kappa shape index (κ2) is 5.69. The number of amides is 2. The van der Waals surface area contributed by atoms with E-state index in [1.54, 1.807) is 0 Å². The SMILES string of the molecule is O=C(NCc1csc2c1CCCC2)C1CC(=O)N(C2CC2)C1. The van der Waals surface area contributed by atoms with Crippen molar-refractivity contribution in [3.8, 4) is 0 Å². The Morgan fingerprint density at radius 1 is 1.32 bits per heavy atom. The van der Waals surface area contributed by atoms with Gasteiger partial charge in [-0.05, 0) is 55.0 Å². The van der Waals surface area contributed by atoms with Crippen molar-refractivity contribution < 1.29 is 9.59 Å². The summed E-state index contributed by atoms with van der Waals surface area (Å²) in [4.78, 5) is 27.7. The fourth-order valence-corrected chi connectivity index (χ4v) is 4.83. The first-order chi connectivity index (χ1) is 10.7. The maximum atomic E-state index is 12.4. The van der Waals surface area contributed by atoms with Gasteiger partial charge >= 0.3 is 0 Å². The van der Waals surface area contributed by atoms with Crippen LogP contribution in [0.1, 0.15) is 48.1 Å². The number of rotatable bonds is 4. The summed E-state index contributed by atoms with van der Waals surface area (Å²) in [5, 5.41) is 5.27. The summed E-state index contributed by atoms with van der Waals surface area (Å²) in [6, 6.07) is 0.425. The Morgan fingerprint density at radius 3 is 2.95 bits per heavy atom. The van der Waals surface area contributed by atoms with E-state index in [0.717, 1.165) is 19.3 Å². The number of fused-ring (bicyclic) bond motifs is 1. The van der Waals surface area contributed by atoms with E-state index in [9.17, 15) is 9.59 Å². The molecule has 1 unspecified atom stereocenters. The van der Waals surface area contributed by atoms with E-state index in [-0.39, 0.29) is 17.7 Å². The Labute approximate surface area is 134 Å². The molecule has 2 heterocycles. The standard InChI is InChI=1S/C17H22N2O2S/c20-16-7-11(9-19(16)13-5-6-13)17(21)18-8-12-10-22-15-4-2-1-3-14(12)15/h10-11,13H,1-9H2,(H,18,21). The van der Waals surface area contributed by atoms with Crippen molar-refractivity contribution in [1.82, 2.24) is 10.2 Å². The van der Waals surface area contributed by atoms with Crippen molar-refractivity contribution >= 4 is 23.2 Å². The third-order valence-corrected chi connectivity index (χ3v) is 6.26. The average Bonchev–Trinajstić information content (AvgIpc) is 3.17. The molecule has 1 N–H and O–H groups in total. The van der Waals surface area contributed by atoms with Gasteiger partial charge in [-0.1, -0.05) is 0 Å². The molecule has 5 heteroatoms. The molecule has 3 aliphatic rings. The minimum atomic E-state index is -0.150. The normalized spacial score (nSPS) is 24.5.